The molecule has 2 atom stereocenters. The van der Waals surface area contributed by atoms with Gasteiger partial charge in [-0.2, -0.15) is 5.10 Å². The maximum absolute atomic E-state index is 13.6. The van der Waals surface area contributed by atoms with E-state index in [1.54, 1.807) is 51.5 Å². The molecule has 0 bridgehead atoms. The first-order valence-corrected chi connectivity index (χ1v) is 14.0. The molecule has 0 saturated heterocycles. The van der Waals surface area contributed by atoms with Crippen LogP contribution in [0.2, 0.25) is 0 Å². The van der Waals surface area contributed by atoms with E-state index < -0.39 is 12.1 Å². The zero-order valence-corrected chi connectivity index (χ0v) is 25.1. The summed E-state index contributed by atoms with van der Waals surface area (Å²) in [6.07, 6.45) is 2.53. The van der Waals surface area contributed by atoms with E-state index in [9.17, 15) is 14.4 Å². The van der Waals surface area contributed by atoms with Crippen LogP contribution in [0.15, 0.2) is 59.7 Å². The third kappa shape index (κ3) is 6.05. The summed E-state index contributed by atoms with van der Waals surface area (Å²) < 4.78 is 17.1. The van der Waals surface area contributed by atoms with Crippen LogP contribution < -0.4 is 35.6 Å². The van der Waals surface area contributed by atoms with Crippen molar-refractivity contribution in [3.05, 3.63) is 76.2 Å². The number of aromatic nitrogens is 3. The van der Waals surface area contributed by atoms with Crippen molar-refractivity contribution in [3.63, 3.8) is 0 Å². The van der Waals surface area contributed by atoms with Gasteiger partial charge in [-0.3, -0.25) is 19.5 Å². The topological polar surface area (TPSA) is 157 Å². The standard InChI is InChI=1S/C32H34N6O6/c1-17(32(41)37-21-8-6-7-20(13-21)31-33-16-34-38-31)35-25-12-10-22-23(15-26(25)40)24(36-18(2)39)11-9-19-14-27(42-3)29(43-4)30(44-5)28(19)22/h6-8,10,12-17,24H,9,11H2,1-5H3,(H,35,40)(H,36,39)(H,37,41)(H,33,34,38)/t17-,24-/m1/s1. The fourth-order valence-electron chi connectivity index (χ4n) is 5.47. The first-order chi connectivity index (χ1) is 21.2. The Morgan fingerprint density at radius 2 is 1.82 bits per heavy atom. The van der Waals surface area contributed by atoms with Crippen molar-refractivity contribution in [3.8, 4) is 39.8 Å². The number of aromatic amines is 1. The van der Waals surface area contributed by atoms with Crippen LogP contribution >= 0.6 is 0 Å². The van der Waals surface area contributed by atoms with Crippen LogP contribution in [0.4, 0.5) is 11.4 Å². The molecule has 0 unspecified atom stereocenters. The van der Waals surface area contributed by atoms with E-state index in [-0.39, 0.29) is 22.9 Å². The molecule has 1 heterocycles. The molecule has 0 radical (unpaired) electrons. The van der Waals surface area contributed by atoms with Crippen LogP contribution in [0.3, 0.4) is 0 Å². The predicted molar refractivity (Wildman–Crippen MR) is 166 cm³/mol. The number of carbonyl (C=O) groups is 2. The van der Waals surface area contributed by atoms with E-state index in [0.29, 0.717) is 52.7 Å². The van der Waals surface area contributed by atoms with Crippen molar-refractivity contribution in [2.75, 3.05) is 32.0 Å². The Labute approximate surface area is 254 Å². The normalized spacial score (nSPS) is 14.2. The number of nitrogens with zero attached hydrogens (tertiary/aromatic N) is 2. The molecule has 44 heavy (non-hydrogen) atoms. The summed E-state index contributed by atoms with van der Waals surface area (Å²) in [6, 6.07) is 12.8. The Balaban J connectivity index is 1.51. The molecule has 0 saturated carbocycles. The highest BCUT2D eigenvalue weighted by Crippen LogP contribution is 2.50. The molecule has 0 spiro atoms. The van der Waals surface area contributed by atoms with Gasteiger partial charge in [0.15, 0.2) is 17.3 Å². The highest BCUT2D eigenvalue weighted by atomic mass is 16.5. The summed E-state index contributed by atoms with van der Waals surface area (Å²) in [4.78, 5) is 43.1. The van der Waals surface area contributed by atoms with Crippen LogP contribution in [-0.4, -0.2) is 54.4 Å². The number of benzene rings is 2. The minimum atomic E-state index is -0.767. The molecule has 1 aliphatic carbocycles. The quantitative estimate of drug-likeness (QED) is 0.223. The fourth-order valence-corrected chi connectivity index (χ4v) is 5.47. The molecule has 1 aromatic heterocycles. The average Bonchev–Trinajstić information content (AvgIpc) is 3.46. The van der Waals surface area contributed by atoms with Crippen molar-refractivity contribution < 1.29 is 23.8 Å². The minimum absolute atomic E-state index is 0.219. The van der Waals surface area contributed by atoms with Crippen molar-refractivity contribution in [1.82, 2.24) is 20.5 Å². The molecule has 228 valence electrons. The molecule has 2 amide bonds. The van der Waals surface area contributed by atoms with Gasteiger partial charge >= 0.3 is 0 Å². The van der Waals surface area contributed by atoms with Crippen molar-refractivity contribution >= 4 is 23.2 Å². The number of ether oxygens (including phenoxy) is 3. The SMILES string of the molecule is COc1cc2c(c(OC)c1OC)-c1ccc(N[C@H](C)C(=O)Nc3cccc(-c4ncn[nH]4)c3)c(=O)cc1[C@H](NC(C)=O)CC2. The summed E-state index contributed by atoms with van der Waals surface area (Å²) >= 11 is 0. The zero-order valence-electron chi connectivity index (χ0n) is 25.1. The molecule has 4 aromatic rings. The van der Waals surface area contributed by atoms with Gasteiger partial charge in [-0.05, 0) is 66.8 Å². The number of aryl methyl sites for hydroxylation is 1. The van der Waals surface area contributed by atoms with Crippen molar-refractivity contribution in [2.45, 2.75) is 38.8 Å². The van der Waals surface area contributed by atoms with Gasteiger partial charge < -0.3 is 30.2 Å². The van der Waals surface area contributed by atoms with Gasteiger partial charge in [-0.1, -0.05) is 18.2 Å². The molecular formula is C32H34N6O6. The largest absolute Gasteiger partial charge is 0.493 e. The number of H-pyrrole nitrogens is 1. The fraction of sp³-hybridized carbons (Fsp3) is 0.281. The second-order valence-electron chi connectivity index (χ2n) is 10.4. The predicted octanol–water partition coefficient (Wildman–Crippen LogP) is 4.09. The molecule has 1 aliphatic rings. The summed E-state index contributed by atoms with van der Waals surface area (Å²) in [6.45, 7) is 3.11. The Bertz CT molecular complexity index is 1760. The number of hydrogen-bond acceptors (Lipinski definition) is 9. The highest BCUT2D eigenvalue weighted by molar-refractivity contribution is 5.96. The number of rotatable bonds is 9. The number of carbonyl (C=O) groups excluding carboxylic acids is 2. The van der Waals surface area contributed by atoms with Crippen molar-refractivity contribution in [1.29, 1.82) is 0 Å². The number of nitrogens with one attached hydrogen (secondary N) is 4. The number of amides is 2. The van der Waals surface area contributed by atoms with Gasteiger partial charge in [0.25, 0.3) is 0 Å². The van der Waals surface area contributed by atoms with E-state index in [1.165, 1.54) is 26.4 Å². The van der Waals surface area contributed by atoms with Gasteiger partial charge in [0, 0.05) is 23.7 Å². The Kier molecular flexibility index (Phi) is 8.79. The first-order valence-electron chi connectivity index (χ1n) is 14.0. The van der Waals surface area contributed by atoms with Gasteiger partial charge in [0.1, 0.15) is 12.4 Å². The maximum atomic E-state index is 13.6. The lowest BCUT2D eigenvalue weighted by atomic mass is 9.95. The molecule has 12 heteroatoms. The Morgan fingerprint density at radius 3 is 2.50 bits per heavy atom. The third-order valence-corrected chi connectivity index (χ3v) is 7.50. The summed E-state index contributed by atoms with van der Waals surface area (Å²) in [5.74, 6) is 1.41. The molecule has 0 aliphatic heterocycles. The smallest absolute Gasteiger partial charge is 0.246 e. The number of anilines is 2. The van der Waals surface area contributed by atoms with Gasteiger partial charge in [0.05, 0.1) is 33.1 Å². The van der Waals surface area contributed by atoms with E-state index in [2.05, 4.69) is 31.1 Å². The Hall–Kier alpha value is -5.39. The van der Waals surface area contributed by atoms with Gasteiger partial charge in [-0.15, -0.1) is 0 Å². The Morgan fingerprint density at radius 1 is 1.02 bits per heavy atom. The molecule has 4 N–H and O–H groups in total. The molecule has 3 aromatic carbocycles. The average molecular weight is 599 g/mol. The van der Waals surface area contributed by atoms with E-state index in [4.69, 9.17) is 14.2 Å². The minimum Gasteiger partial charge on any atom is -0.493 e. The van der Waals surface area contributed by atoms with Crippen LogP contribution in [0.1, 0.15) is 37.4 Å². The summed E-state index contributed by atoms with van der Waals surface area (Å²) in [5, 5.41) is 15.6. The molecular weight excluding hydrogens is 564 g/mol. The number of hydrogen-bond donors (Lipinski definition) is 4. The molecule has 0 fully saturated rings. The third-order valence-electron chi connectivity index (χ3n) is 7.50. The lowest BCUT2D eigenvalue weighted by Crippen LogP contribution is -2.33. The summed E-state index contributed by atoms with van der Waals surface area (Å²) in [7, 11) is 4.63. The second kappa shape index (κ2) is 12.9. The van der Waals surface area contributed by atoms with Gasteiger partial charge in [0.2, 0.25) is 23.0 Å². The first kappa shape index (κ1) is 30.1. The van der Waals surface area contributed by atoms with Crippen molar-refractivity contribution in [2.24, 2.45) is 0 Å². The molecule has 5 rings (SSSR count). The lowest BCUT2D eigenvalue weighted by Gasteiger charge is -2.19. The number of fused-ring (bicyclic) bond motifs is 3. The highest BCUT2D eigenvalue weighted by Gasteiger charge is 2.29. The van der Waals surface area contributed by atoms with E-state index in [1.807, 2.05) is 12.1 Å². The van der Waals surface area contributed by atoms with E-state index in [0.717, 1.165) is 16.7 Å². The van der Waals surface area contributed by atoms with Crippen LogP contribution in [0, 0.1) is 0 Å². The lowest BCUT2D eigenvalue weighted by molar-refractivity contribution is -0.119. The summed E-state index contributed by atoms with van der Waals surface area (Å²) in [5.41, 5.74) is 4.20. The second-order valence-corrected chi connectivity index (χ2v) is 10.4. The molecule has 12 nitrogen and oxygen atoms in total. The number of methoxy groups -OCH3 is 3. The maximum Gasteiger partial charge on any atom is 0.246 e. The monoisotopic (exact) mass is 598 g/mol. The van der Waals surface area contributed by atoms with Crippen LogP contribution in [0.5, 0.6) is 17.2 Å². The van der Waals surface area contributed by atoms with Gasteiger partial charge in [-0.25, -0.2) is 4.98 Å². The zero-order chi connectivity index (χ0) is 31.4. The van der Waals surface area contributed by atoms with Crippen LogP contribution in [0.25, 0.3) is 22.5 Å². The van der Waals surface area contributed by atoms with E-state index >= 15 is 0 Å². The van der Waals surface area contributed by atoms with Crippen LogP contribution in [-0.2, 0) is 16.0 Å².